The number of amides is 2. The molecule has 0 fully saturated rings. The zero-order chi connectivity index (χ0) is 35.5. The van der Waals surface area contributed by atoms with Crippen LogP contribution in [0.4, 0.5) is 64.1 Å². The maximum atomic E-state index is 15.8. The molecular weight excluding hydrogens is 732 g/mol. The summed E-state index contributed by atoms with van der Waals surface area (Å²) < 4.78 is 169. The SMILES string of the molecule is CCOCCCN(C(=O)c1ccc(F)cc1)c1cccc(C(=O)Nc2c(Br)cc(C(F)(C(F)(F)F)C(F)(F)F)cc2C(F)(F)F)c1F. The van der Waals surface area contributed by atoms with E-state index in [0.29, 0.717) is 6.61 Å². The Balaban J connectivity index is 2.10. The van der Waals surface area contributed by atoms with Crippen molar-refractivity contribution in [3.8, 4) is 0 Å². The molecule has 0 bridgehead atoms. The molecule has 3 aromatic rings. The molecule has 0 aliphatic heterocycles. The molecule has 47 heavy (non-hydrogen) atoms. The summed E-state index contributed by atoms with van der Waals surface area (Å²) in [5.41, 5.74) is -14.2. The maximum absolute atomic E-state index is 15.8. The van der Waals surface area contributed by atoms with E-state index in [1.807, 2.05) is 0 Å². The molecule has 0 aliphatic carbocycles. The minimum Gasteiger partial charge on any atom is -0.382 e. The van der Waals surface area contributed by atoms with Gasteiger partial charge in [0.15, 0.2) is 5.82 Å². The summed E-state index contributed by atoms with van der Waals surface area (Å²) in [7, 11) is 0. The highest BCUT2D eigenvalue weighted by molar-refractivity contribution is 9.10. The molecule has 0 atom stereocenters. The molecule has 0 spiro atoms. The lowest BCUT2D eigenvalue weighted by Crippen LogP contribution is -2.50. The van der Waals surface area contributed by atoms with Crippen molar-refractivity contribution >= 4 is 39.1 Å². The van der Waals surface area contributed by atoms with Gasteiger partial charge in [-0.25, -0.2) is 13.2 Å². The van der Waals surface area contributed by atoms with Crippen LogP contribution in [0.25, 0.3) is 0 Å². The van der Waals surface area contributed by atoms with Crippen LogP contribution in [0, 0.1) is 11.6 Å². The van der Waals surface area contributed by atoms with Gasteiger partial charge in [-0.05, 0) is 77.8 Å². The van der Waals surface area contributed by atoms with E-state index in [2.05, 4.69) is 15.9 Å². The van der Waals surface area contributed by atoms with Crippen LogP contribution in [0.5, 0.6) is 0 Å². The summed E-state index contributed by atoms with van der Waals surface area (Å²) >= 11 is 2.36. The van der Waals surface area contributed by atoms with Crippen molar-refractivity contribution in [3.05, 3.63) is 93.0 Å². The molecule has 0 heterocycles. The summed E-state index contributed by atoms with van der Waals surface area (Å²) in [4.78, 5) is 27.2. The van der Waals surface area contributed by atoms with Crippen molar-refractivity contribution in [2.45, 2.75) is 37.5 Å². The van der Waals surface area contributed by atoms with Gasteiger partial charge in [0.25, 0.3) is 11.8 Å². The van der Waals surface area contributed by atoms with Gasteiger partial charge in [-0.15, -0.1) is 0 Å². The number of ether oxygens (including phenoxy) is 1. The van der Waals surface area contributed by atoms with Crippen molar-refractivity contribution in [1.29, 1.82) is 0 Å². The van der Waals surface area contributed by atoms with Gasteiger partial charge < -0.3 is 15.0 Å². The van der Waals surface area contributed by atoms with E-state index in [0.717, 1.165) is 47.4 Å². The van der Waals surface area contributed by atoms with Crippen LogP contribution in [0.1, 0.15) is 45.2 Å². The molecule has 1 N–H and O–H groups in total. The Hall–Kier alpha value is -3.80. The number of alkyl halides is 10. The molecule has 3 rings (SSSR count). The fraction of sp³-hybridized carbons (Fsp3) is 0.310. The Morgan fingerprint density at radius 3 is 2.00 bits per heavy atom. The van der Waals surface area contributed by atoms with E-state index in [1.54, 1.807) is 12.2 Å². The minimum atomic E-state index is -6.75. The smallest absolute Gasteiger partial charge is 0.382 e. The highest BCUT2D eigenvalue weighted by Crippen LogP contribution is 2.55. The number of halogens is 13. The summed E-state index contributed by atoms with van der Waals surface area (Å²) in [6, 6.07) is 5.90. The third-order valence-corrected chi connectivity index (χ3v) is 7.16. The normalized spacial score (nSPS) is 12.6. The summed E-state index contributed by atoms with van der Waals surface area (Å²) in [6.07, 6.45) is -19.1. The van der Waals surface area contributed by atoms with Gasteiger partial charge in [0, 0.05) is 35.4 Å². The van der Waals surface area contributed by atoms with Crippen LogP contribution >= 0.6 is 15.9 Å². The van der Waals surface area contributed by atoms with Crippen LogP contribution < -0.4 is 10.2 Å². The van der Waals surface area contributed by atoms with Gasteiger partial charge in [-0.1, -0.05) is 6.07 Å². The number of anilines is 2. The largest absolute Gasteiger partial charge is 0.435 e. The minimum absolute atomic E-state index is 0.0958. The number of hydrogen-bond donors (Lipinski definition) is 1. The quantitative estimate of drug-likeness (QED) is 0.166. The third-order valence-electron chi connectivity index (χ3n) is 6.54. The molecule has 0 unspecified atom stereocenters. The zero-order valence-electron chi connectivity index (χ0n) is 23.6. The molecule has 0 radical (unpaired) electrons. The average Bonchev–Trinajstić information content (AvgIpc) is 2.96. The lowest BCUT2D eigenvalue weighted by molar-refractivity contribution is -0.348. The Kier molecular flexibility index (Phi) is 11.3. The van der Waals surface area contributed by atoms with Gasteiger partial charge in [0.05, 0.1) is 22.5 Å². The van der Waals surface area contributed by atoms with Crippen molar-refractivity contribution < 1.29 is 67.0 Å². The number of nitrogens with one attached hydrogen (secondary N) is 1. The van der Waals surface area contributed by atoms with Crippen molar-refractivity contribution in [3.63, 3.8) is 0 Å². The second kappa shape index (κ2) is 14.1. The first-order valence-corrected chi connectivity index (χ1v) is 13.9. The third kappa shape index (κ3) is 8.02. The maximum Gasteiger partial charge on any atom is 0.435 e. The lowest BCUT2D eigenvalue weighted by atomic mass is 9.92. The summed E-state index contributed by atoms with van der Waals surface area (Å²) in [5.74, 6) is -4.71. The zero-order valence-corrected chi connectivity index (χ0v) is 25.2. The first-order valence-electron chi connectivity index (χ1n) is 13.1. The van der Waals surface area contributed by atoms with Gasteiger partial charge in [-0.3, -0.25) is 9.59 Å². The van der Waals surface area contributed by atoms with Crippen LogP contribution in [0.2, 0.25) is 0 Å². The van der Waals surface area contributed by atoms with Crippen LogP contribution in [0.15, 0.2) is 59.1 Å². The second-order valence-electron chi connectivity index (χ2n) is 9.64. The van der Waals surface area contributed by atoms with Gasteiger partial charge in [-0.2, -0.15) is 39.5 Å². The molecule has 256 valence electrons. The van der Waals surface area contributed by atoms with Crippen molar-refractivity contribution in [2.75, 3.05) is 30.0 Å². The number of rotatable bonds is 10. The Bertz CT molecular complexity index is 1590. The summed E-state index contributed by atoms with van der Waals surface area (Å²) in [6.45, 7) is 1.84. The Labute approximate surface area is 266 Å². The van der Waals surface area contributed by atoms with Crippen molar-refractivity contribution in [1.82, 2.24) is 0 Å². The van der Waals surface area contributed by atoms with Gasteiger partial charge >= 0.3 is 24.2 Å². The standard InChI is InChI=1S/C29H21BrF12N2O3/c1-2-47-12-4-11-44(25(46)15-7-9-17(31)10-8-15)21-6-3-5-18(22(21)32)24(45)43-23-19(27(34,35)36)13-16(14-20(23)30)26(33,28(37,38)39)29(40,41)42/h3,5-10,13-14H,2,4,11-12H2,1H3,(H,43,45). The van der Waals surface area contributed by atoms with Crippen molar-refractivity contribution in [2.24, 2.45) is 0 Å². The molecule has 2 amide bonds. The molecular formula is C29H21BrF12N2O3. The number of carbonyl (C=O) groups is 2. The molecule has 18 heteroatoms. The second-order valence-corrected chi connectivity index (χ2v) is 10.5. The molecule has 0 saturated heterocycles. The van der Waals surface area contributed by atoms with E-state index < -0.39 is 86.3 Å². The number of hydrogen-bond acceptors (Lipinski definition) is 3. The monoisotopic (exact) mass is 752 g/mol. The highest BCUT2D eigenvalue weighted by atomic mass is 79.9. The van der Waals surface area contributed by atoms with E-state index in [1.165, 1.54) is 0 Å². The molecule has 0 aliphatic rings. The predicted molar refractivity (Wildman–Crippen MR) is 148 cm³/mol. The Morgan fingerprint density at radius 2 is 1.47 bits per heavy atom. The topological polar surface area (TPSA) is 58.6 Å². The van der Waals surface area contributed by atoms with E-state index in [4.69, 9.17) is 4.74 Å². The highest BCUT2D eigenvalue weighted by Gasteiger charge is 2.73. The molecule has 0 aromatic heterocycles. The lowest BCUT2D eigenvalue weighted by Gasteiger charge is -2.31. The predicted octanol–water partition coefficient (Wildman–Crippen LogP) is 9.36. The molecule has 5 nitrogen and oxygen atoms in total. The van der Waals surface area contributed by atoms with E-state index in [-0.39, 0.29) is 31.2 Å². The van der Waals surface area contributed by atoms with Gasteiger partial charge in [0.2, 0.25) is 0 Å². The van der Waals surface area contributed by atoms with Crippen LogP contribution in [-0.2, 0) is 16.6 Å². The summed E-state index contributed by atoms with van der Waals surface area (Å²) in [5, 5.41) is 1.60. The number of benzene rings is 3. The number of carbonyl (C=O) groups excluding carboxylic acids is 2. The Morgan fingerprint density at radius 1 is 0.872 bits per heavy atom. The average molecular weight is 753 g/mol. The van der Waals surface area contributed by atoms with Crippen LogP contribution in [0.3, 0.4) is 0 Å². The van der Waals surface area contributed by atoms with Crippen LogP contribution in [-0.4, -0.2) is 43.9 Å². The van der Waals surface area contributed by atoms with E-state index >= 15 is 4.39 Å². The number of nitrogens with zero attached hydrogens (tertiary/aromatic N) is 1. The first kappa shape index (κ1) is 37.7. The fourth-order valence-electron chi connectivity index (χ4n) is 4.28. The van der Waals surface area contributed by atoms with Gasteiger partial charge in [0.1, 0.15) is 5.82 Å². The molecule has 0 saturated carbocycles. The molecule has 3 aromatic carbocycles. The van der Waals surface area contributed by atoms with E-state index in [9.17, 15) is 57.9 Å². The fourth-order valence-corrected chi connectivity index (χ4v) is 4.84. The first-order chi connectivity index (χ1) is 21.6.